The number of nitrogens with zero attached hydrogens (tertiary/aromatic N) is 2. The molecule has 0 aliphatic carbocycles. The average molecular weight is 314 g/mol. The zero-order chi connectivity index (χ0) is 16.5. The van der Waals surface area contributed by atoms with E-state index in [9.17, 15) is 5.26 Å². The number of anilines is 2. The van der Waals surface area contributed by atoms with Crippen LogP contribution in [0.2, 0.25) is 0 Å². The molecule has 0 bridgehead atoms. The maximum absolute atomic E-state index is 9.48. The summed E-state index contributed by atoms with van der Waals surface area (Å²) in [6, 6.07) is 15.9. The Morgan fingerprint density at radius 2 is 2.12 bits per heavy atom. The summed E-state index contributed by atoms with van der Waals surface area (Å²) in [7, 11) is 1.61. The maximum Gasteiger partial charge on any atom is 0.130 e. The van der Waals surface area contributed by atoms with Gasteiger partial charge < -0.3 is 15.0 Å². The Balaban J connectivity index is 1.92. The summed E-state index contributed by atoms with van der Waals surface area (Å²) < 4.78 is 5.47. The molecule has 0 atom stereocenters. The first kappa shape index (κ1) is 14.1. The molecule has 116 valence electrons. The molecule has 2 N–H and O–H groups in total. The second-order valence-electron chi connectivity index (χ2n) is 5.42. The Morgan fingerprint density at radius 3 is 2.96 bits per heavy atom. The van der Waals surface area contributed by atoms with E-state index in [1.807, 2.05) is 48.7 Å². The monoisotopic (exact) mass is 314 g/mol. The second-order valence-corrected chi connectivity index (χ2v) is 5.42. The van der Waals surface area contributed by atoms with Crippen LogP contribution in [0.4, 0.5) is 11.4 Å². The Hall–Kier alpha value is -3.52. The number of rotatable bonds is 3. The molecule has 0 spiro atoms. The van der Waals surface area contributed by atoms with Crippen LogP contribution in [0, 0.1) is 11.3 Å². The number of nitriles is 1. The Morgan fingerprint density at radius 1 is 1.21 bits per heavy atom. The van der Waals surface area contributed by atoms with Crippen molar-refractivity contribution in [1.29, 1.82) is 5.26 Å². The van der Waals surface area contributed by atoms with Gasteiger partial charge in [0.15, 0.2) is 0 Å². The van der Waals surface area contributed by atoms with Gasteiger partial charge in [-0.15, -0.1) is 0 Å². The summed E-state index contributed by atoms with van der Waals surface area (Å²) in [6.45, 7) is 0. The normalized spacial score (nSPS) is 10.7. The van der Waals surface area contributed by atoms with Gasteiger partial charge in [0.25, 0.3) is 0 Å². The largest absolute Gasteiger partial charge is 0.496 e. The third-order valence-electron chi connectivity index (χ3n) is 4.02. The lowest BCUT2D eigenvalue weighted by Gasteiger charge is -2.14. The fourth-order valence-corrected chi connectivity index (χ4v) is 2.87. The smallest absolute Gasteiger partial charge is 0.130 e. The molecular weight excluding hydrogens is 300 g/mol. The van der Waals surface area contributed by atoms with Crippen LogP contribution >= 0.6 is 0 Å². The lowest BCUT2D eigenvalue weighted by Crippen LogP contribution is -1.98. The lowest BCUT2D eigenvalue weighted by molar-refractivity contribution is 0.420. The van der Waals surface area contributed by atoms with Crippen molar-refractivity contribution in [2.24, 2.45) is 0 Å². The SMILES string of the molecule is COc1cccc2ncc(C#N)c(Nc3ccc4cc[nH]c4c3)c12. The number of methoxy groups -OCH3 is 1. The van der Waals surface area contributed by atoms with Gasteiger partial charge >= 0.3 is 0 Å². The number of benzene rings is 2. The first-order chi connectivity index (χ1) is 11.8. The Labute approximate surface area is 138 Å². The Kier molecular flexibility index (Phi) is 3.29. The van der Waals surface area contributed by atoms with Crippen molar-refractivity contribution in [3.8, 4) is 11.8 Å². The van der Waals surface area contributed by atoms with Gasteiger partial charge in [-0.05, 0) is 35.7 Å². The van der Waals surface area contributed by atoms with Gasteiger partial charge in [-0.3, -0.25) is 4.98 Å². The molecule has 2 aromatic carbocycles. The summed E-state index contributed by atoms with van der Waals surface area (Å²) in [5.41, 5.74) is 3.87. The minimum absolute atomic E-state index is 0.471. The molecule has 4 rings (SSSR count). The third kappa shape index (κ3) is 2.22. The van der Waals surface area contributed by atoms with Crippen LogP contribution < -0.4 is 10.1 Å². The minimum atomic E-state index is 0.471. The molecule has 2 aromatic heterocycles. The molecule has 5 nitrogen and oxygen atoms in total. The van der Waals surface area contributed by atoms with Gasteiger partial charge in [0.05, 0.1) is 29.3 Å². The van der Waals surface area contributed by atoms with Gasteiger partial charge in [-0.25, -0.2) is 0 Å². The number of hydrogen-bond donors (Lipinski definition) is 2. The number of aromatic nitrogens is 2. The molecule has 24 heavy (non-hydrogen) atoms. The van der Waals surface area contributed by atoms with Gasteiger partial charge in [-0.1, -0.05) is 12.1 Å². The molecule has 0 aliphatic heterocycles. The summed E-state index contributed by atoms with van der Waals surface area (Å²) in [4.78, 5) is 7.55. The summed E-state index contributed by atoms with van der Waals surface area (Å²) in [6.07, 6.45) is 3.48. The highest BCUT2D eigenvalue weighted by Gasteiger charge is 2.13. The van der Waals surface area contributed by atoms with Crippen LogP contribution in [0.15, 0.2) is 54.9 Å². The summed E-state index contributed by atoms with van der Waals surface area (Å²) >= 11 is 0. The van der Waals surface area contributed by atoms with E-state index in [-0.39, 0.29) is 0 Å². The molecule has 0 saturated carbocycles. The number of H-pyrrole nitrogens is 1. The molecule has 0 aliphatic rings. The Bertz CT molecular complexity index is 1090. The second kappa shape index (κ2) is 5.60. The van der Waals surface area contributed by atoms with E-state index in [0.717, 1.165) is 27.5 Å². The summed E-state index contributed by atoms with van der Waals surface area (Å²) in [5.74, 6) is 0.681. The number of fused-ring (bicyclic) bond motifs is 2. The van der Waals surface area contributed by atoms with Crippen LogP contribution in [0.25, 0.3) is 21.8 Å². The van der Waals surface area contributed by atoms with E-state index in [1.165, 1.54) is 0 Å². The van der Waals surface area contributed by atoms with Crippen molar-refractivity contribution < 1.29 is 4.74 Å². The van der Waals surface area contributed by atoms with Crippen molar-refractivity contribution in [2.75, 3.05) is 12.4 Å². The first-order valence-corrected chi connectivity index (χ1v) is 7.50. The van der Waals surface area contributed by atoms with Crippen molar-refractivity contribution in [3.05, 3.63) is 60.4 Å². The summed E-state index contributed by atoms with van der Waals surface area (Å²) in [5, 5.41) is 14.8. The molecular formula is C19H14N4O. The van der Waals surface area contributed by atoms with E-state index in [4.69, 9.17) is 4.74 Å². The van der Waals surface area contributed by atoms with Crippen molar-refractivity contribution in [2.45, 2.75) is 0 Å². The number of nitrogens with one attached hydrogen (secondary N) is 2. The number of hydrogen-bond acceptors (Lipinski definition) is 4. The molecule has 0 amide bonds. The van der Waals surface area contributed by atoms with E-state index < -0.39 is 0 Å². The van der Waals surface area contributed by atoms with Gasteiger partial charge in [-0.2, -0.15) is 5.26 Å². The topological polar surface area (TPSA) is 73.7 Å². The van der Waals surface area contributed by atoms with Crippen molar-refractivity contribution >= 4 is 33.2 Å². The zero-order valence-electron chi connectivity index (χ0n) is 13.0. The van der Waals surface area contributed by atoms with E-state index in [2.05, 4.69) is 21.4 Å². The molecule has 4 aromatic rings. The molecule has 0 radical (unpaired) electrons. The molecule has 0 saturated heterocycles. The number of ether oxygens (including phenoxy) is 1. The van der Waals surface area contributed by atoms with Crippen molar-refractivity contribution in [3.63, 3.8) is 0 Å². The highest BCUT2D eigenvalue weighted by Crippen LogP contribution is 2.35. The molecule has 0 fully saturated rings. The fourth-order valence-electron chi connectivity index (χ4n) is 2.87. The van der Waals surface area contributed by atoms with Crippen LogP contribution in [0.1, 0.15) is 5.56 Å². The maximum atomic E-state index is 9.48. The fraction of sp³-hybridized carbons (Fsp3) is 0.0526. The van der Waals surface area contributed by atoms with Gasteiger partial charge in [0.1, 0.15) is 11.8 Å². The zero-order valence-corrected chi connectivity index (χ0v) is 13.0. The number of pyridine rings is 1. The van der Waals surface area contributed by atoms with Crippen LogP contribution in [0.5, 0.6) is 5.75 Å². The number of aromatic amines is 1. The third-order valence-corrected chi connectivity index (χ3v) is 4.02. The molecule has 2 heterocycles. The predicted molar refractivity (Wildman–Crippen MR) is 94.6 cm³/mol. The minimum Gasteiger partial charge on any atom is -0.496 e. The van der Waals surface area contributed by atoms with Crippen LogP contribution in [-0.4, -0.2) is 17.1 Å². The standard InChI is InChI=1S/C19H14N4O/c1-24-17-4-2-3-15-18(17)19(13(10-20)11-22-15)23-14-6-5-12-7-8-21-16(12)9-14/h2-9,11,21H,1H3,(H,22,23). The van der Waals surface area contributed by atoms with Gasteiger partial charge in [0, 0.05) is 23.6 Å². The van der Waals surface area contributed by atoms with E-state index in [1.54, 1.807) is 13.3 Å². The van der Waals surface area contributed by atoms with E-state index >= 15 is 0 Å². The molecule has 5 heteroatoms. The highest BCUT2D eigenvalue weighted by atomic mass is 16.5. The predicted octanol–water partition coefficient (Wildman–Crippen LogP) is 4.34. The lowest BCUT2D eigenvalue weighted by atomic mass is 10.1. The van der Waals surface area contributed by atoms with Crippen LogP contribution in [0.3, 0.4) is 0 Å². The first-order valence-electron chi connectivity index (χ1n) is 7.50. The molecule has 0 unspecified atom stereocenters. The highest BCUT2D eigenvalue weighted by molar-refractivity contribution is 6.00. The van der Waals surface area contributed by atoms with E-state index in [0.29, 0.717) is 17.0 Å². The van der Waals surface area contributed by atoms with Gasteiger partial charge in [0.2, 0.25) is 0 Å². The van der Waals surface area contributed by atoms with Crippen molar-refractivity contribution in [1.82, 2.24) is 9.97 Å². The quantitative estimate of drug-likeness (QED) is 0.590. The van der Waals surface area contributed by atoms with Crippen LogP contribution in [-0.2, 0) is 0 Å². The average Bonchev–Trinajstić information content (AvgIpc) is 3.09.